The third-order valence-corrected chi connectivity index (χ3v) is 5.30. The lowest BCUT2D eigenvalue weighted by Gasteiger charge is -2.40. The Hall–Kier alpha value is -1.34. The number of piperazine rings is 1. The number of carbonyl (C=O) groups excluding carboxylic acids is 1. The number of carbonyl (C=O) groups is 2. The number of carboxylic acid groups (broad SMARTS) is 1. The van der Waals surface area contributed by atoms with Crippen molar-refractivity contribution in [2.75, 3.05) is 39.3 Å². The van der Waals surface area contributed by atoms with Gasteiger partial charge >= 0.3 is 6.09 Å². The number of β-amino-alcohol motifs (C(OH)–C–C–N with tert-alkyl or cyclic N) is 1. The Labute approximate surface area is 137 Å². The fourth-order valence-corrected chi connectivity index (χ4v) is 3.48. The van der Waals surface area contributed by atoms with Gasteiger partial charge in [-0.3, -0.25) is 14.6 Å². The van der Waals surface area contributed by atoms with Crippen molar-refractivity contribution in [1.82, 2.24) is 14.7 Å². The fourth-order valence-electron chi connectivity index (χ4n) is 3.48. The fraction of sp³-hybridized carbons (Fsp3) is 0.875. The summed E-state index contributed by atoms with van der Waals surface area (Å²) in [6.45, 7) is 7.73. The van der Waals surface area contributed by atoms with Crippen LogP contribution in [0.25, 0.3) is 0 Å². The van der Waals surface area contributed by atoms with Crippen molar-refractivity contribution in [1.29, 1.82) is 0 Å². The largest absolute Gasteiger partial charge is 0.465 e. The Balaban J connectivity index is 1.86. The van der Waals surface area contributed by atoms with Crippen LogP contribution in [0.5, 0.6) is 0 Å². The van der Waals surface area contributed by atoms with Gasteiger partial charge in [-0.2, -0.15) is 0 Å². The number of amides is 2. The third-order valence-electron chi connectivity index (χ3n) is 5.30. The predicted octanol–water partition coefficient (Wildman–Crippen LogP) is 0.824. The first-order valence-electron chi connectivity index (χ1n) is 8.63. The maximum absolute atomic E-state index is 12.6. The lowest BCUT2D eigenvalue weighted by Crippen LogP contribution is -2.56. The van der Waals surface area contributed by atoms with Gasteiger partial charge in [-0.25, -0.2) is 4.79 Å². The average Bonchev–Trinajstić information content (AvgIpc) is 3.04. The summed E-state index contributed by atoms with van der Waals surface area (Å²) in [6, 6.07) is -0.512. The molecule has 1 atom stereocenters. The number of aliphatic hydroxyl groups is 1. The van der Waals surface area contributed by atoms with Crippen molar-refractivity contribution in [3.8, 4) is 0 Å². The van der Waals surface area contributed by atoms with Crippen LogP contribution in [-0.4, -0.2) is 87.8 Å². The molecule has 132 valence electrons. The van der Waals surface area contributed by atoms with E-state index in [2.05, 4.69) is 4.90 Å². The van der Waals surface area contributed by atoms with E-state index < -0.39 is 17.7 Å². The molecule has 0 aromatic rings. The van der Waals surface area contributed by atoms with Crippen LogP contribution >= 0.6 is 0 Å². The highest BCUT2D eigenvalue weighted by molar-refractivity contribution is 5.86. The summed E-state index contributed by atoms with van der Waals surface area (Å²) >= 11 is 0. The van der Waals surface area contributed by atoms with Crippen LogP contribution in [0, 0.1) is 0 Å². The quantitative estimate of drug-likeness (QED) is 0.781. The topological polar surface area (TPSA) is 84.3 Å². The maximum atomic E-state index is 12.6. The van der Waals surface area contributed by atoms with Crippen molar-refractivity contribution < 1.29 is 19.8 Å². The van der Waals surface area contributed by atoms with Crippen molar-refractivity contribution >= 4 is 12.0 Å². The monoisotopic (exact) mass is 327 g/mol. The summed E-state index contributed by atoms with van der Waals surface area (Å²) in [6.07, 6.45) is 1.81. The third kappa shape index (κ3) is 4.14. The Bertz CT molecular complexity index is 431. The molecule has 2 aliphatic heterocycles. The molecule has 0 spiro atoms. The van der Waals surface area contributed by atoms with Crippen molar-refractivity contribution in [2.24, 2.45) is 0 Å². The Morgan fingerprint density at radius 2 is 1.70 bits per heavy atom. The molecule has 0 aromatic carbocycles. The molecular formula is C16H29N3O4. The zero-order valence-electron chi connectivity index (χ0n) is 14.2. The number of rotatable bonds is 5. The molecule has 2 N–H and O–H groups in total. The van der Waals surface area contributed by atoms with Crippen LogP contribution in [0.15, 0.2) is 0 Å². The molecule has 7 nitrogen and oxygen atoms in total. The van der Waals surface area contributed by atoms with Crippen molar-refractivity contribution in [3.63, 3.8) is 0 Å². The van der Waals surface area contributed by atoms with Gasteiger partial charge < -0.3 is 15.1 Å². The molecule has 0 aliphatic carbocycles. The van der Waals surface area contributed by atoms with E-state index in [4.69, 9.17) is 0 Å². The number of hydrogen-bond donors (Lipinski definition) is 2. The molecule has 2 rings (SSSR count). The maximum Gasteiger partial charge on any atom is 0.407 e. The van der Waals surface area contributed by atoms with Gasteiger partial charge in [-0.15, -0.1) is 0 Å². The van der Waals surface area contributed by atoms with E-state index in [0.717, 1.165) is 32.4 Å². The first-order chi connectivity index (χ1) is 10.9. The van der Waals surface area contributed by atoms with E-state index in [0.29, 0.717) is 32.6 Å². The van der Waals surface area contributed by atoms with Crippen molar-refractivity contribution in [2.45, 2.75) is 51.2 Å². The van der Waals surface area contributed by atoms with E-state index in [1.807, 2.05) is 13.8 Å². The van der Waals surface area contributed by atoms with Gasteiger partial charge in [0.05, 0.1) is 5.60 Å². The number of nitrogens with zero attached hydrogens (tertiary/aromatic N) is 3. The average molecular weight is 327 g/mol. The minimum Gasteiger partial charge on any atom is -0.465 e. The molecule has 0 radical (unpaired) electrons. The molecule has 2 amide bonds. The summed E-state index contributed by atoms with van der Waals surface area (Å²) in [5, 5.41) is 19.6. The summed E-state index contributed by atoms with van der Waals surface area (Å²) in [5.74, 6) is -0.0641. The van der Waals surface area contributed by atoms with E-state index in [-0.39, 0.29) is 5.91 Å². The Morgan fingerprint density at radius 1 is 1.09 bits per heavy atom. The molecular weight excluding hydrogens is 298 g/mol. The molecule has 23 heavy (non-hydrogen) atoms. The highest BCUT2D eigenvalue weighted by Crippen LogP contribution is 2.21. The van der Waals surface area contributed by atoms with Crippen LogP contribution in [-0.2, 0) is 4.79 Å². The smallest absolute Gasteiger partial charge is 0.407 e. The zero-order chi connectivity index (χ0) is 17.0. The summed E-state index contributed by atoms with van der Waals surface area (Å²) < 4.78 is 0. The van der Waals surface area contributed by atoms with Crippen LogP contribution in [0.1, 0.15) is 39.5 Å². The summed E-state index contributed by atoms with van der Waals surface area (Å²) in [5.41, 5.74) is -0.655. The van der Waals surface area contributed by atoms with E-state index >= 15 is 0 Å². The highest BCUT2D eigenvalue weighted by atomic mass is 16.4. The molecule has 0 bridgehead atoms. The molecule has 2 heterocycles. The molecule has 0 unspecified atom stereocenters. The lowest BCUT2D eigenvalue weighted by atomic mass is 9.96. The minimum atomic E-state index is -1.00. The van der Waals surface area contributed by atoms with Gasteiger partial charge in [0.15, 0.2) is 0 Å². The highest BCUT2D eigenvalue weighted by Gasteiger charge is 2.37. The molecule has 2 aliphatic rings. The van der Waals surface area contributed by atoms with Gasteiger partial charge in [0.2, 0.25) is 5.91 Å². The molecule has 7 heteroatoms. The van der Waals surface area contributed by atoms with Gasteiger partial charge in [-0.1, -0.05) is 13.8 Å². The number of hydrogen-bond acceptors (Lipinski definition) is 4. The first kappa shape index (κ1) is 18.0. The standard InChI is InChI=1S/C16H29N3O4/c1-3-16(23,4-2)12-17-8-10-18(11-9-17)14(20)13-6-5-7-19(13)15(21)22/h13,23H,3-12H2,1-2H3,(H,21,22)/t13-/m0/s1. The summed E-state index contributed by atoms with van der Waals surface area (Å²) in [7, 11) is 0. The normalized spacial score (nSPS) is 23.3. The second-order valence-corrected chi connectivity index (χ2v) is 6.67. The molecule has 0 saturated carbocycles. The summed E-state index contributed by atoms with van der Waals surface area (Å²) in [4.78, 5) is 29.0. The van der Waals surface area contributed by atoms with Crippen molar-refractivity contribution in [3.05, 3.63) is 0 Å². The van der Waals surface area contributed by atoms with E-state index in [1.165, 1.54) is 4.90 Å². The van der Waals surface area contributed by atoms with Crippen LogP contribution in [0.4, 0.5) is 4.79 Å². The second-order valence-electron chi connectivity index (χ2n) is 6.67. The first-order valence-corrected chi connectivity index (χ1v) is 8.63. The van der Waals surface area contributed by atoms with Crippen LogP contribution < -0.4 is 0 Å². The Kier molecular flexibility index (Phi) is 5.86. The van der Waals surface area contributed by atoms with Gasteiger partial charge in [0.1, 0.15) is 6.04 Å². The molecule has 2 fully saturated rings. The van der Waals surface area contributed by atoms with E-state index in [1.54, 1.807) is 4.90 Å². The zero-order valence-corrected chi connectivity index (χ0v) is 14.2. The van der Waals surface area contributed by atoms with Crippen LogP contribution in [0.2, 0.25) is 0 Å². The second kappa shape index (κ2) is 7.49. The SMILES string of the molecule is CCC(O)(CC)CN1CCN(C(=O)[C@@H]2CCCN2C(=O)O)CC1. The predicted molar refractivity (Wildman–Crippen MR) is 86.3 cm³/mol. The van der Waals surface area contributed by atoms with Gasteiger partial charge in [0, 0.05) is 39.3 Å². The molecule has 2 saturated heterocycles. The minimum absolute atomic E-state index is 0.0641. The van der Waals surface area contributed by atoms with Gasteiger partial charge in [-0.05, 0) is 25.7 Å². The van der Waals surface area contributed by atoms with Gasteiger partial charge in [0.25, 0.3) is 0 Å². The Morgan fingerprint density at radius 3 is 2.22 bits per heavy atom. The van der Waals surface area contributed by atoms with E-state index in [9.17, 15) is 19.8 Å². The van der Waals surface area contributed by atoms with Crippen LogP contribution in [0.3, 0.4) is 0 Å². The lowest BCUT2D eigenvalue weighted by molar-refractivity contribution is -0.137. The number of likely N-dealkylation sites (tertiary alicyclic amines) is 1. The molecule has 0 aromatic heterocycles.